The molecule has 5 heteroatoms. The van der Waals surface area contributed by atoms with Gasteiger partial charge in [0.1, 0.15) is 6.33 Å². The summed E-state index contributed by atoms with van der Waals surface area (Å²) in [7, 11) is 1.85. The predicted octanol–water partition coefficient (Wildman–Crippen LogP) is 2.62. The molecule has 1 fully saturated rings. The Morgan fingerprint density at radius 1 is 1.36 bits per heavy atom. The van der Waals surface area contributed by atoms with Crippen molar-refractivity contribution in [2.75, 3.05) is 7.05 Å². The van der Waals surface area contributed by atoms with Gasteiger partial charge in [-0.05, 0) is 31.7 Å². The number of aromatic nitrogens is 3. The van der Waals surface area contributed by atoms with Gasteiger partial charge in [0, 0.05) is 19.0 Å². The highest BCUT2D eigenvalue weighted by atomic mass is 16.2. The molecule has 3 rings (SSSR count). The molecule has 2 aromatic rings. The maximum atomic E-state index is 12.6. The van der Waals surface area contributed by atoms with E-state index in [2.05, 4.69) is 36.2 Å². The third kappa shape index (κ3) is 2.89. The molecule has 0 unspecified atom stereocenters. The SMILES string of the molecule is CC(C)n1cnnc1CN(C)C(=O)[C@@H]1C[C@H]1c1ccccc1. The number of carbonyl (C=O) groups excluding carboxylic acids is 1. The van der Waals surface area contributed by atoms with Crippen molar-refractivity contribution >= 4 is 5.91 Å². The van der Waals surface area contributed by atoms with Crippen LogP contribution in [0, 0.1) is 5.92 Å². The minimum Gasteiger partial charge on any atom is -0.338 e. The van der Waals surface area contributed by atoms with Crippen LogP contribution < -0.4 is 0 Å². The van der Waals surface area contributed by atoms with E-state index in [0.29, 0.717) is 18.5 Å². The summed E-state index contributed by atoms with van der Waals surface area (Å²) >= 11 is 0. The first-order valence-electron chi connectivity index (χ1n) is 7.76. The molecule has 0 saturated heterocycles. The Kier molecular flexibility index (Phi) is 3.96. The van der Waals surface area contributed by atoms with Crippen molar-refractivity contribution in [3.05, 3.63) is 48.0 Å². The van der Waals surface area contributed by atoms with Crippen molar-refractivity contribution in [2.24, 2.45) is 5.92 Å². The molecule has 0 aliphatic heterocycles. The van der Waals surface area contributed by atoms with Gasteiger partial charge in [0.15, 0.2) is 5.82 Å². The summed E-state index contributed by atoms with van der Waals surface area (Å²) < 4.78 is 2.01. The van der Waals surface area contributed by atoms with Crippen LogP contribution in [-0.4, -0.2) is 32.6 Å². The molecule has 0 bridgehead atoms. The molecule has 1 saturated carbocycles. The van der Waals surface area contributed by atoms with E-state index in [0.717, 1.165) is 12.2 Å². The van der Waals surface area contributed by atoms with Crippen LogP contribution in [0.3, 0.4) is 0 Å². The van der Waals surface area contributed by atoms with Crippen LogP contribution in [0.5, 0.6) is 0 Å². The van der Waals surface area contributed by atoms with E-state index in [1.165, 1.54) is 5.56 Å². The zero-order valence-electron chi connectivity index (χ0n) is 13.3. The molecule has 5 nitrogen and oxygen atoms in total. The van der Waals surface area contributed by atoms with Crippen molar-refractivity contribution < 1.29 is 4.79 Å². The molecule has 1 aromatic carbocycles. The average molecular weight is 298 g/mol. The lowest BCUT2D eigenvalue weighted by Gasteiger charge is -2.18. The van der Waals surface area contributed by atoms with Gasteiger partial charge >= 0.3 is 0 Å². The molecular weight excluding hydrogens is 276 g/mol. The number of hydrogen-bond acceptors (Lipinski definition) is 3. The molecule has 116 valence electrons. The van der Waals surface area contributed by atoms with Crippen LogP contribution in [0.25, 0.3) is 0 Å². The summed E-state index contributed by atoms with van der Waals surface area (Å²) in [6, 6.07) is 10.6. The standard InChI is InChI=1S/C17H22N4O/c1-12(2)21-11-18-19-16(21)10-20(3)17(22)15-9-14(15)13-7-5-4-6-8-13/h4-8,11-12,14-15H,9-10H2,1-3H3/t14-,15+/m0/s1. The van der Waals surface area contributed by atoms with Gasteiger partial charge in [0.2, 0.25) is 5.91 Å². The van der Waals surface area contributed by atoms with Crippen LogP contribution in [0.15, 0.2) is 36.7 Å². The van der Waals surface area contributed by atoms with E-state index >= 15 is 0 Å². The van der Waals surface area contributed by atoms with Crippen molar-refractivity contribution in [2.45, 2.75) is 38.8 Å². The lowest BCUT2D eigenvalue weighted by Crippen LogP contribution is -2.29. The quantitative estimate of drug-likeness (QED) is 0.852. The first-order chi connectivity index (χ1) is 10.6. The van der Waals surface area contributed by atoms with Gasteiger partial charge in [0.05, 0.1) is 6.54 Å². The number of carbonyl (C=O) groups is 1. The van der Waals surface area contributed by atoms with Crippen molar-refractivity contribution in [3.8, 4) is 0 Å². The molecule has 1 aromatic heterocycles. The lowest BCUT2D eigenvalue weighted by molar-refractivity contribution is -0.132. The Morgan fingerprint density at radius 3 is 2.77 bits per heavy atom. The summed E-state index contributed by atoms with van der Waals surface area (Å²) in [5.74, 6) is 1.52. The zero-order valence-corrected chi connectivity index (χ0v) is 13.3. The fourth-order valence-corrected chi connectivity index (χ4v) is 2.92. The van der Waals surface area contributed by atoms with Gasteiger partial charge in [-0.3, -0.25) is 4.79 Å². The van der Waals surface area contributed by atoms with E-state index in [1.54, 1.807) is 11.2 Å². The largest absolute Gasteiger partial charge is 0.338 e. The number of benzene rings is 1. The lowest BCUT2D eigenvalue weighted by atomic mass is 10.1. The topological polar surface area (TPSA) is 51.0 Å². The third-order valence-corrected chi connectivity index (χ3v) is 4.29. The van der Waals surface area contributed by atoms with Gasteiger partial charge < -0.3 is 9.47 Å². The van der Waals surface area contributed by atoms with Crippen molar-refractivity contribution in [1.82, 2.24) is 19.7 Å². The summed E-state index contributed by atoms with van der Waals surface area (Å²) in [5.41, 5.74) is 1.26. The highest BCUT2D eigenvalue weighted by molar-refractivity contribution is 5.82. The summed E-state index contributed by atoms with van der Waals surface area (Å²) in [6.07, 6.45) is 2.67. The minimum absolute atomic E-state index is 0.114. The van der Waals surface area contributed by atoms with Gasteiger partial charge in [-0.1, -0.05) is 30.3 Å². The normalized spacial score (nSPS) is 20.2. The monoisotopic (exact) mass is 298 g/mol. The molecule has 1 amide bonds. The van der Waals surface area contributed by atoms with Crippen LogP contribution in [0.2, 0.25) is 0 Å². The Labute approximate surface area is 131 Å². The highest BCUT2D eigenvalue weighted by Gasteiger charge is 2.45. The van der Waals surface area contributed by atoms with E-state index in [-0.39, 0.29) is 11.8 Å². The maximum absolute atomic E-state index is 12.6. The maximum Gasteiger partial charge on any atom is 0.226 e. The number of nitrogens with zero attached hydrogens (tertiary/aromatic N) is 4. The Balaban J connectivity index is 1.63. The van der Waals surface area contributed by atoms with Gasteiger partial charge in [-0.25, -0.2) is 0 Å². The molecule has 0 spiro atoms. The van der Waals surface area contributed by atoms with Gasteiger partial charge in [-0.15, -0.1) is 10.2 Å². The molecule has 0 radical (unpaired) electrons. The van der Waals surface area contributed by atoms with Crippen molar-refractivity contribution in [3.63, 3.8) is 0 Å². The summed E-state index contributed by atoms with van der Waals surface area (Å²) in [6.45, 7) is 4.68. The Morgan fingerprint density at radius 2 is 2.09 bits per heavy atom. The molecule has 1 heterocycles. The third-order valence-electron chi connectivity index (χ3n) is 4.29. The summed E-state index contributed by atoms with van der Waals surface area (Å²) in [5, 5.41) is 8.09. The fourth-order valence-electron chi connectivity index (χ4n) is 2.92. The number of amides is 1. The molecule has 2 atom stereocenters. The first-order valence-corrected chi connectivity index (χ1v) is 7.76. The summed E-state index contributed by atoms with van der Waals surface area (Å²) in [4.78, 5) is 14.3. The van der Waals surface area contributed by atoms with Crippen LogP contribution in [0.4, 0.5) is 0 Å². The smallest absolute Gasteiger partial charge is 0.226 e. The zero-order chi connectivity index (χ0) is 15.7. The second kappa shape index (κ2) is 5.91. The Hall–Kier alpha value is -2.17. The second-order valence-electron chi connectivity index (χ2n) is 6.30. The predicted molar refractivity (Wildman–Crippen MR) is 84.2 cm³/mol. The highest BCUT2D eigenvalue weighted by Crippen LogP contribution is 2.48. The number of rotatable bonds is 5. The van der Waals surface area contributed by atoms with Crippen molar-refractivity contribution in [1.29, 1.82) is 0 Å². The number of hydrogen-bond donors (Lipinski definition) is 0. The van der Waals surface area contributed by atoms with Crippen LogP contribution in [0.1, 0.15) is 43.6 Å². The van der Waals surface area contributed by atoms with Gasteiger partial charge in [0.25, 0.3) is 0 Å². The Bertz CT molecular complexity index is 650. The van der Waals surface area contributed by atoms with Crippen LogP contribution in [-0.2, 0) is 11.3 Å². The average Bonchev–Trinajstić information content (AvgIpc) is 3.18. The van der Waals surface area contributed by atoms with Gasteiger partial charge in [-0.2, -0.15) is 0 Å². The first kappa shape index (κ1) is 14.8. The van der Waals surface area contributed by atoms with E-state index in [9.17, 15) is 4.79 Å². The fraction of sp³-hybridized carbons (Fsp3) is 0.471. The van der Waals surface area contributed by atoms with E-state index in [4.69, 9.17) is 0 Å². The molecular formula is C17H22N4O. The van der Waals surface area contributed by atoms with Crippen LogP contribution >= 0.6 is 0 Å². The second-order valence-corrected chi connectivity index (χ2v) is 6.30. The molecule has 1 aliphatic carbocycles. The minimum atomic E-state index is 0.114. The van der Waals surface area contributed by atoms with E-state index in [1.807, 2.05) is 29.8 Å². The molecule has 1 aliphatic rings. The van der Waals surface area contributed by atoms with E-state index < -0.39 is 0 Å². The molecule has 22 heavy (non-hydrogen) atoms. The molecule has 0 N–H and O–H groups in total.